The highest BCUT2D eigenvalue weighted by Gasteiger charge is 2.28. The summed E-state index contributed by atoms with van der Waals surface area (Å²) in [5.74, 6) is 0.584. The van der Waals surface area contributed by atoms with Crippen LogP contribution < -0.4 is 9.75 Å². The minimum Gasteiger partial charge on any atom is -0.497 e. The third-order valence-electron chi connectivity index (χ3n) is 3.56. The maximum Gasteiger partial charge on any atom is 0.280 e. The van der Waals surface area contributed by atoms with Crippen LogP contribution in [0.5, 0.6) is 5.75 Å². The van der Waals surface area contributed by atoms with Crippen molar-refractivity contribution in [3.63, 3.8) is 0 Å². The number of anilines is 1. The van der Waals surface area contributed by atoms with Gasteiger partial charge in [0.05, 0.1) is 24.1 Å². The molecule has 2 aromatic carbocycles. The average Bonchev–Trinajstić information content (AvgIpc) is 2.85. The lowest BCUT2D eigenvalue weighted by Gasteiger charge is -2.12. The van der Waals surface area contributed by atoms with Gasteiger partial charge in [-0.3, -0.25) is 4.79 Å². The molecule has 4 nitrogen and oxygen atoms in total. The van der Waals surface area contributed by atoms with Gasteiger partial charge >= 0.3 is 0 Å². The fourth-order valence-electron chi connectivity index (χ4n) is 2.31. The highest BCUT2D eigenvalue weighted by atomic mass is 35.5. The molecule has 1 aliphatic heterocycles. The number of ether oxygens (including phenoxy) is 1. The molecule has 0 radical (unpaired) electrons. The van der Waals surface area contributed by atoms with E-state index >= 15 is 0 Å². The number of benzene rings is 2. The summed E-state index contributed by atoms with van der Waals surface area (Å²) in [6.45, 7) is 1.82. The highest BCUT2D eigenvalue weighted by molar-refractivity contribution is 6.32. The van der Waals surface area contributed by atoms with Crippen molar-refractivity contribution in [2.75, 3.05) is 12.1 Å². The van der Waals surface area contributed by atoms with E-state index in [4.69, 9.17) is 16.3 Å². The number of carbonyl (C=O) groups is 1. The van der Waals surface area contributed by atoms with Gasteiger partial charge in [-0.2, -0.15) is 10.1 Å². The Morgan fingerprint density at radius 2 is 1.74 bits per heavy atom. The van der Waals surface area contributed by atoms with Crippen LogP contribution in [-0.2, 0) is 4.79 Å². The number of hydrogen-bond donors (Lipinski definition) is 0. The fourth-order valence-corrected chi connectivity index (χ4v) is 2.43. The van der Waals surface area contributed by atoms with Crippen LogP contribution in [0, 0.1) is 0 Å². The van der Waals surface area contributed by atoms with Crippen LogP contribution in [0.3, 0.4) is 0 Å². The number of nitrogens with zero attached hydrogens (tertiary/aromatic N) is 2. The number of hydrazone groups is 1. The first kappa shape index (κ1) is 15.3. The summed E-state index contributed by atoms with van der Waals surface area (Å²) < 4.78 is 5.13. The zero-order chi connectivity index (χ0) is 16.4. The fraction of sp³-hybridized carbons (Fsp3) is 0.111. The summed E-state index contributed by atoms with van der Waals surface area (Å²) >= 11 is 5.88. The SMILES string of the molecule is COc1ccc(N2N=C(C)/C(=C/c3ccc(Cl)cc3)C2=O)cc1. The smallest absolute Gasteiger partial charge is 0.280 e. The molecule has 23 heavy (non-hydrogen) atoms. The molecular formula is C18H15ClN2O2. The van der Waals surface area contributed by atoms with Gasteiger partial charge in [-0.1, -0.05) is 23.7 Å². The maximum atomic E-state index is 12.6. The molecular weight excluding hydrogens is 312 g/mol. The molecule has 5 heteroatoms. The number of carbonyl (C=O) groups excluding carboxylic acids is 1. The molecule has 3 rings (SSSR count). The summed E-state index contributed by atoms with van der Waals surface area (Å²) in [6, 6.07) is 14.5. The predicted octanol–water partition coefficient (Wildman–Crippen LogP) is 4.15. The number of methoxy groups -OCH3 is 1. The Balaban J connectivity index is 1.89. The number of hydrogen-bond acceptors (Lipinski definition) is 3. The van der Waals surface area contributed by atoms with Gasteiger partial charge in [0.25, 0.3) is 5.91 Å². The van der Waals surface area contributed by atoms with Crippen LogP contribution in [0.4, 0.5) is 5.69 Å². The summed E-state index contributed by atoms with van der Waals surface area (Å²) in [6.07, 6.45) is 1.82. The van der Waals surface area contributed by atoms with Gasteiger partial charge in [0, 0.05) is 5.02 Å². The molecule has 0 aliphatic carbocycles. The van der Waals surface area contributed by atoms with Gasteiger partial charge in [-0.25, -0.2) is 0 Å². The zero-order valence-corrected chi connectivity index (χ0v) is 13.5. The van der Waals surface area contributed by atoms with Crippen LogP contribution in [0.15, 0.2) is 59.2 Å². The average molecular weight is 327 g/mol. The molecule has 0 saturated heterocycles. The first-order valence-electron chi connectivity index (χ1n) is 7.10. The van der Waals surface area contributed by atoms with Gasteiger partial charge in [-0.05, 0) is 55.0 Å². The van der Waals surface area contributed by atoms with Crippen LogP contribution in [0.1, 0.15) is 12.5 Å². The van der Waals surface area contributed by atoms with Crippen molar-refractivity contribution in [2.45, 2.75) is 6.92 Å². The Morgan fingerprint density at radius 1 is 1.09 bits per heavy atom. The first-order chi connectivity index (χ1) is 11.1. The molecule has 0 bridgehead atoms. The van der Waals surface area contributed by atoms with E-state index in [0.717, 1.165) is 11.3 Å². The topological polar surface area (TPSA) is 41.9 Å². The Morgan fingerprint density at radius 3 is 2.35 bits per heavy atom. The normalized spacial score (nSPS) is 16.0. The van der Waals surface area contributed by atoms with E-state index in [-0.39, 0.29) is 5.91 Å². The van der Waals surface area contributed by atoms with Crippen molar-refractivity contribution in [2.24, 2.45) is 5.10 Å². The Kier molecular flexibility index (Phi) is 4.17. The third-order valence-corrected chi connectivity index (χ3v) is 3.81. The molecule has 2 aromatic rings. The van der Waals surface area contributed by atoms with E-state index in [9.17, 15) is 4.79 Å². The molecule has 1 amide bonds. The second-order valence-electron chi connectivity index (χ2n) is 5.11. The zero-order valence-electron chi connectivity index (χ0n) is 12.8. The summed E-state index contributed by atoms with van der Waals surface area (Å²) in [5.41, 5.74) is 2.86. The highest BCUT2D eigenvalue weighted by Crippen LogP contribution is 2.26. The monoisotopic (exact) mass is 326 g/mol. The van der Waals surface area contributed by atoms with Crippen molar-refractivity contribution < 1.29 is 9.53 Å². The van der Waals surface area contributed by atoms with Crippen LogP contribution in [0.25, 0.3) is 6.08 Å². The van der Waals surface area contributed by atoms with Gasteiger partial charge in [0.1, 0.15) is 5.75 Å². The Labute approximate surface area is 139 Å². The molecule has 0 unspecified atom stereocenters. The van der Waals surface area contributed by atoms with Crippen molar-refractivity contribution >= 4 is 35.0 Å². The van der Waals surface area contributed by atoms with E-state index in [1.54, 1.807) is 43.5 Å². The molecule has 0 atom stereocenters. The lowest BCUT2D eigenvalue weighted by atomic mass is 10.1. The molecule has 0 fully saturated rings. The van der Waals surface area contributed by atoms with Crippen molar-refractivity contribution in [3.05, 3.63) is 64.7 Å². The number of amides is 1. The molecule has 0 aromatic heterocycles. The molecule has 1 heterocycles. The molecule has 0 spiro atoms. The van der Waals surface area contributed by atoms with Gasteiger partial charge in [-0.15, -0.1) is 0 Å². The second-order valence-corrected chi connectivity index (χ2v) is 5.55. The van der Waals surface area contributed by atoms with Crippen molar-refractivity contribution in [3.8, 4) is 5.75 Å². The lowest BCUT2D eigenvalue weighted by Crippen LogP contribution is -2.21. The molecule has 0 N–H and O–H groups in total. The van der Waals surface area contributed by atoms with Gasteiger partial charge in [0.15, 0.2) is 0 Å². The predicted molar refractivity (Wildman–Crippen MR) is 93.0 cm³/mol. The Hall–Kier alpha value is -2.59. The van der Waals surface area contributed by atoms with Gasteiger partial charge < -0.3 is 4.74 Å². The second kappa shape index (κ2) is 6.26. The standard InChI is InChI=1S/C18H15ClN2O2/c1-12-17(11-13-3-5-14(19)6-4-13)18(22)21(20-12)15-7-9-16(23-2)10-8-15/h3-11H,1-2H3/b17-11-. The quantitative estimate of drug-likeness (QED) is 0.795. The van der Waals surface area contributed by atoms with Gasteiger partial charge in [0.2, 0.25) is 0 Å². The van der Waals surface area contributed by atoms with E-state index in [0.29, 0.717) is 22.0 Å². The lowest BCUT2D eigenvalue weighted by molar-refractivity contribution is -0.114. The summed E-state index contributed by atoms with van der Waals surface area (Å²) in [7, 11) is 1.60. The van der Waals surface area contributed by atoms with Crippen molar-refractivity contribution in [1.82, 2.24) is 0 Å². The minimum absolute atomic E-state index is 0.150. The van der Waals surface area contributed by atoms with Crippen LogP contribution in [0.2, 0.25) is 5.02 Å². The van der Waals surface area contributed by atoms with Crippen LogP contribution in [-0.4, -0.2) is 18.7 Å². The van der Waals surface area contributed by atoms with E-state index in [2.05, 4.69) is 5.10 Å². The number of halogens is 1. The molecule has 0 saturated carbocycles. The third kappa shape index (κ3) is 3.12. The molecule has 116 valence electrons. The maximum absolute atomic E-state index is 12.6. The summed E-state index contributed by atoms with van der Waals surface area (Å²) in [4.78, 5) is 12.6. The largest absolute Gasteiger partial charge is 0.497 e. The Bertz CT molecular complexity index is 793. The van der Waals surface area contributed by atoms with Crippen LogP contribution >= 0.6 is 11.6 Å². The number of rotatable bonds is 3. The summed E-state index contributed by atoms with van der Waals surface area (Å²) in [5, 5.41) is 6.42. The minimum atomic E-state index is -0.150. The van der Waals surface area contributed by atoms with E-state index < -0.39 is 0 Å². The first-order valence-corrected chi connectivity index (χ1v) is 7.47. The van der Waals surface area contributed by atoms with E-state index in [1.165, 1.54) is 5.01 Å². The van der Waals surface area contributed by atoms with E-state index in [1.807, 2.05) is 25.1 Å². The molecule has 1 aliphatic rings. The van der Waals surface area contributed by atoms with Crippen molar-refractivity contribution in [1.29, 1.82) is 0 Å².